The first-order valence-electron chi connectivity index (χ1n) is 16.7. The Labute approximate surface area is 262 Å². The van der Waals surface area contributed by atoms with Crippen molar-refractivity contribution in [1.29, 1.82) is 5.41 Å². The number of ether oxygens (including phenoxy) is 2. The van der Waals surface area contributed by atoms with Crippen LogP contribution in [-0.2, 0) is 4.79 Å². The Bertz CT molecular complexity index is 1350. The normalized spacial score (nSPS) is 23.5. The molecule has 0 aliphatic carbocycles. The van der Waals surface area contributed by atoms with Crippen LogP contribution in [0.2, 0.25) is 0 Å². The Morgan fingerprint density at radius 2 is 1.77 bits per heavy atom. The maximum Gasteiger partial charge on any atom is 0.251 e. The number of unbranched alkanes of at least 4 members (excludes halogenated alkanes) is 4. The van der Waals surface area contributed by atoms with Crippen molar-refractivity contribution in [3.63, 3.8) is 0 Å². The number of para-hydroxylation sites is 1. The average molecular weight is 603 g/mol. The van der Waals surface area contributed by atoms with E-state index >= 15 is 0 Å². The summed E-state index contributed by atoms with van der Waals surface area (Å²) in [5, 5.41) is 15.6. The molecule has 44 heavy (non-hydrogen) atoms. The largest absolute Gasteiger partial charge is 0.490 e. The molecule has 0 aromatic heterocycles. The predicted octanol–water partition coefficient (Wildman–Crippen LogP) is 7.59. The van der Waals surface area contributed by atoms with Gasteiger partial charge in [-0.1, -0.05) is 64.7 Å². The Morgan fingerprint density at radius 1 is 1.02 bits per heavy atom. The van der Waals surface area contributed by atoms with Crippen molar-refractivity contribution in [3.8, 4) is 11.5 Å². The number of benzene rings is 2. The molecule has 0 bridgehead atoms. The van der Waals surface area contributed by atoms with Crippen molar-refractivity contribution in [2.75, 3.05) is 0 Å². The fourth-order valence-electron chi connectivity index (χ4n) is 7.09. The zero-order chi connectivity index (χ0) is 31.5. The molecule has 3 aliphatic heterocycles. The predicted molar refractivity (Wildman–Crippen MR) is 173 cm³/mol. The molecule has 5 rings (SSSR count). The minimum absolute atomic E-state index is 0.0482. The van der Waals surface area contributed by atoms with Crippen molar-refractivity contribution in [2.24, 2.45) is 0 Å². The van der Waals surface area contributed by atoms with E-state index in [1.165, 1.54) is 19.3 Å². The second-order valence-electron chi connectivity index (χ2n) is 13.5. The molecule has 3 heterocycles. The number of nitrogens with one attached hydrogen (secondary N) is 3. The van der Waals surface area contributed by atoms with Gasteiger partial charge in [-0.15, -0.1) is 0 Å². The van der Waals surface area contributed by atoms with E-state index in [4.69, 9.17) is 14.9 Å². The number of amides is 2. The molecule has 1 unspecified atom stereocenters. The van der Waals surface area contributed by atoms with E-state index in [1.54, 1.807) is 4.90 Å². The van der Waals surface area contributed by atoms with Gasteiger partial charge in [-0.25, -0.2) is 0 Å². The van der Waals surface area contributed by atoms with Crippen LogP contribution in [0.5, 0.6) is 11.5 Å². The van der Waals surface area contributed by atoms with Crippen molar-refractivity contribution in [3.05, 3.63) is 59.2 Å². The van der Waals surface area contributed by atoms with Gasteiger partial charge >= 0.3 is 0 Å². The average Bonchev–Trinajstić information content (AvgIpc) is 2.99. The topological polar surface area (TPSA) is 104 Å². The van der Waals surface area contributed by atoms with Gasteiger partial charge in [-0.05, 0) is 63.8 Å². The van der Waals surface area contributed by atoms with Gasteiger partial charge in [0, 0.05) is 35.1 Å². The number of hydrogen-bond donors (Lipinski definition) is 3. The lowest BCUT2D eigenvalue weighted by molar-refractivity contribution is -0.133. The lowest BCUT2D eigenvalue weighted by atomic mass is 9.85. The van der Waals surface area contributed by atoms with Gasteiger partial charge < -0.3 is 20.1 Å². The highest BCUT2D eigenvalue weighted by atomic mass is 16.5. The lowest BCUT2D eigenvalue weighted by Crippen LogP contribution is -2.63. The summed E-state index contributed by atoms with van der Waals surface area (Å²) in [5.41, 5.74) is 1.45. The molecule has 3 aliphatic rings. The zero-order valence-electron chi connectivity index (χ0n) is 27.1. The number of carbonyl (C=O) groups excluding carboxylic acids is 2. The third-order valence-corrected chi connectivity index (χ3v) is 9.77. The zero-order valence-corrected chi connectivity index (χ0v) is 27.1. The number of rotatable bonds is 11. The molecule has 3 N–H and O–H groups in total. The quantitative estimate of drug-likeness (QED) is 0.230. The highest BCUT2D eigenvalue weighted by molar-refractivity contribution is 6.00. The van der Waals surface area contributed by atoms with E-state index < -0.39 is 11.1 Å². The van der Waals surface area contributed by atoms with Crippen LogP contribution >= 0.6 is 0 Å². The molecule has 1 fully saturated rings. The number of nitrogens with zero attached hydrogens (tertiary/aromatic N) is 1. The summed E-state index contributed by atoms with van der Waals surface area (Å²) in [7, 11) is 0. The van der Waals surface area contributed by atoms with Crippen molar-refractivity contribution in [2.45, 2.75) is 135 Å². The molecule has 238 valence electrons. The summed E-state index contributed by atoms with van der Waals surface area (Å²) in [4.78, 5) is 29.1. The molecule has 0 saturated carbocycles. The first kappa shape index (κ1) is 31.9. The van der Waals surface area contributed by atoms with Gasteiger partial charge in [0.15, 0.2) is 5.96 Å². The SMILES string of the molecule is CCCCCCC[C@@H]1CC(N2C(=N)NC(CC)(CC)CC2=O)c2cc(C(=O)N[C@H]3CC(C)(C)Oc4ccccc43)ccc2O1. The molecule has 2 aromatic carbocycles. The summed E-state index contributed by atoms with van der Waals surface area (Å²) in [6, 6.07) is 12.8. The summed E-state index contributed by atoms with van der Waals surface area (Å²) in [6.07, 6.45) is 9.84. The van der Waals surface area contributed by atoms with Gasteiger partial charge in [0.2, 0.25) is 5.91 Å². The second-order valence-corrected chi connectivity index (χ2v) is 13.5. The summed E-state index contributed by atoms with van der Waals surface area (Å²) in [6.45, 7) is 10.4. The summed E-state index contributed by atoms with van der Waals surface area (Å²) >= 11 is 0. The minimum atomic E-state index is -0.416. The van der Waals surface area contributed by atoms with Crippen LogP contribution in [0.4, 0.5) is 0 Å². The van der Waals surface area contributed by atoms with Gasteiger partial charge in [-0.3, -0.25) is 19.9 Å². The highest BCUT2D eigenvalue weighted by Gasteiger charge is 2.45. The fourth-order valence-corrected chi connectivity index (χ4v) is 7.09. The second kappa shape index (κ2) is 13.2. The molecule has 2 amide bonds. The molecule has 8 heteroatoms. The highest BCUT2D eigenvalue weighted by Crippen LogP contribution is 2.43. The van der Waals surface area contributed by atoms with Crippen molar-refractivity contribution >= 4 is 17.8 Å². The van der Waals surface area contributed by atoms with Gasteiger partial charge in [0.25, 0.3) is 5.91 Å². The van der Waals surface area contributed by atoms with Crippen LogP contribution in [0.15, 0.2) is 42.5 Å². The molecular formula is C36H50N4O4. The molecule has 8 nitrogen and oxygen atoms in total. The first-order chi connectivity index (χ1) is 21.1. The number of carbonyl (C=O) groups is 2. The Kier molecular flexibility index (Phi) is 9.56. The van der Waals surface area contributed by atoms with E-state index in [9.17, 15) is 9.59 Å². The number of fused-ring (bicyclic) bond motifs is 2. The number of hydrogen-bond acceptors (Lipinski definition) is 5. The molecule has 1 saturated heterocycles. The van der Waals surface area contributed by atoms with Crippen LogP contribution in [0.3, 0.4) is 0 Å². The third-order valence-electron chi connectivity index (χ3n) is 9.77. The van der Waals surface area contributed by atoms with E-state index in [-0.39, 0.29) is 36.0 Å². The van der Waals surface area contributed by atoms with Gasteiger partial charge in [0.05, 0.1) is 18.5 Å². The molecule has 2 aromatic rings. The number of guanidine groups is 1. The van der Waals surface area contributed by atoms with Crippen LogP contribution in [0, 0.1) is 5.41 Å². The van der Waals surface area contributed by atoms with Crippen molar-refractivity contribution < 1.29 is 19.1 Å². The Morgan fingerprint density at radius 3 is 2.50 bits per heavy atom. The third kappa shape index (κ3) is 6.74. The Balaban J connectivity index is 1.41. The molecule has 0 spiro atoms. The van der Waals surface area contributed by atoms with Crippen LogP contribution in [0.1, 0.15) is 139 Å². The van der Waals surface area contributed by atoms with Crippen LogP contribution < -0.4 is 20.1 Å². The fraction of sp³-hybridized carbons (Fsp3) is 0.583. The Hall–Kier alpha value is -3.55. The summed E-state index contributed by atoms with van der Waals surface area (Å²) in [5.74, 6) is 1.39. The van der Waals surface area contributed by atoms with E-state index in [0.29, 0.717) is 30.6 Å². The van der Waals surface area contributed by atoms with E-state index in [2.05, 4.69) is 31.4 Å². The minimum Gasteiger partial charge on any atom is -0.490 e. The van der Waals surface area contributed by atoms with Gasteiger partial charge in [-0.2, -0.15) is 0 Å². The summed E-state index contributed by atoms with van der Waals surface area (Å²) < 4.78 is 12.7. The lowest BCUT2D eigenvalue weighted by Gasteiger charge is -2.46. The van der Waals surface area contributed by atoms with E-state index in [1.807, 2.05) is 56.3 Å². The monoisotopic (exact) mass is 602 g/mol. The van der Waals surface area contributed by atoms with Crippen molar-refractivity contribution in [1.82, 2.24) is 15.5 Å². The maximum atomic E-state index is 13.8. The molecular weight excluding hydrogens is 552 g/mol. The molecule has 0 radical (unpaired) electrons. The molecule has 3 atom stereocenters. The van der Waals surface area contributed by atoms with E-state index in [0.717, 1.165) is 49.0 Å². The smallest absolute Gasteiger partial charge is 0.251 e. The van der Waals surface area contributed by atoms with Gasteiger partial charge in [0.1, 0.15) is 23.2 Å². The van der Waals surface area contributed by atoms with Crippen LogP contribution in [0.25, 0.3) is 0 Å². The van der Waals surface area contributed by atoms with Crippen LogP contribution in [-0.4, -0.2) is 39.9 Å². The maximum absolute atomic E-state index is 13.8. The first-order valence-corrected chi connectivity index (χ1v) is 16.7. The standard InChI is InChI=1S/C36H50N4O4/c1-6-9-10-11-12-15-25-21-29(40-32(41)23-36(7-2,8-3)39-34(40)37)27-20-24(18-19-30(27)43-25)33(42)38-28-22-35(4,5)44-31-17-14-13-16-26(28)31/h13-14,16-20,25,28-29H,6-12,15,21-23H2,1-5H3,(H2,37,39)(H,38,42)/t25-,28+,29?/m1/s1.